The SMILES string of the molecule is CC1(C)CSC(=NC2CCC2)N1. The van der Waals surface area contributed by atoms with Crippen LogP contribution in [0.1, 0.15) is 33.1 Å². The first-order valence-corrected chi connectivity index (χ1v) is 5.63. The predicted molar refractivity (Wildman–Crippen MR) is 54.7 cm³/mol. The molecule has 2 nitrogen and oxygen atoms in total. The summed E-state index contributed by atoms with van der Waals surface area (Å²) in [6, 6.07) is 0.633. The largest absolute Gasteiger partial charge is 0.359 e. The molecule has 2 rings (SSSR count). The summed E-state index contributed by atoms with van der Waals surface area (Å²) in [7, 11) is 0. The third-order valence-corrected chi connectivity index (χ3v) is 3.74. The Labute approximate surface area is 78.2 Å². The normalized spacial score (nSPS) is 31.7. The number of nitrogens with zero attached hydrogens (tertiary/aromatic N) is 1. The van der Waals surface area contributed by atoms with Crippen LogP contribution in [0.4, 0.5) is 0 Å². The molecule has 1 saturated carbocycles. The maximum absolute atomic E-state index is 4.65. The van der Waals surface area contributed by atoms with Crippen molar-refractivity contribution in [2.24, 2.45) is 4.99 Å². The third-order valence-electron chi connectivity index (χ3n) is 2.39. The van der Waals surface area contributed by atoms with Gasteiger partial charge in [0.1, 0.15) is 0 Å². The number of aliphatic imine (C=N–C) groups is 1. The Balaban J connectivity index is 1.93. The van der Waals surface area contributed by atoms with Crippen LogP contribution in [0, 0.1) is 0 Å². The number of amidine groups is 1. The van der Waals surface area contributed by atoms with Crippen LogP contribution in [-0.4, -0.2) is 22.5 Å². The Morgan fingerprint density at radius 3 is 2.67 bits per heavy atom. The van der Waals surface area contributed by atoms with Crippen LogP contribution in [0.15, 0.2) is 4.99 Å². The molecule has 0 radical (unpaired) electrons. The van der Waals surface area contributed by atoms with E-state index in [2.05, 4.69) is 24.2 Å². The van der Waals surface area contributed by atoms with Crippen molar-refractivity contribution in [3.8, 4) is 0 Å². The van der Waals surface area contributed by atoms with Gasteiger partial charge < -0.3 is 5.32 Å². The van der Waals surface area contributed by atoms with Gasteiger partial charge in [-0.2, -0.15) is 0 Å². The van der Waals surface area contributed by atoms with Gasteiger partial charge in [0, 0.05) is 11.3 Å². The molecule has 1 N–H and O–H groups in total. The molecule has 68 valence electrons. The van der Waals surface area contributed by atoms with Crippen molar-refractivity contribution < 1.29 is 0 Å². The van der Waals surface area contributed by atoms with Gasteiger partial charge in [-0.3, -0.25) is 4.99 Å². The molecule has 0 aromatic heterocycles. The van der Waals surface area contributed by atoms with E-state index in [0.29, 0.717) is 6.04 Å². The molecule has 0 atom stereocenters. The van der Waals surface area contributed by atoms with Gasteiger partial charge in [-0.15, -0.1) is 0 Å². The second kappa shape index (κ2) is 2.95. The molecule has 1 heterocycles. The van der Waals surface area contributed by atoms with Gasteiger partial charge in [0.25, 0.3) is 0 Å². The van der Waals surface area contributed by atoms with E-state index in [0.717, 1.165) is 5.75 Å². The van der Waals surface area contributed by atoms with Crippen LogP contribution in [-0.2, 0) is 0 Å². The first-order chi connectivity index (χ1) is 5.66. The Hall–Kier alpha value is -0.180. The van der Waals surface area contributed by atoms with E-state index in [1.165, 1.54) is 24.4 Å². The Kier molecular flexibility index (Phi) is 2.07. The van der Waals surface area contributed by atoms with Gasteiger partial charge >= 0.3 is 0 Å². The van der Waals surface area contributed by atoms with Crippen molar-refractivity contribution in [2.45, 2.75) is 44.7 Å². The lowest BCUT2D eigenvalue weighted by molar-refractivity contribution is 0.418. The summed E-state index contributed by atoms with van der Waals surface area (Å²) >= 11 is 1.87. The fourth-order valence-corrected chi connectivity index (χ4v) is 2.50. The number of hydrogen-bond donors (Lipinski definition) is 1. The summed E-state index contributed by atoms with van der Waals surface area (Å²) in [4.78, 5) is 4.65. The summed E-state index contributed by atoms with van der Waals surface area (Å²) in [5.41, 5.74) is 0.257. The maximum atomic E-state index is 4.65. The lowest BCUT2D eigenvalue weighted by atomic mass is 9.94. The predicted octanol–water partition coefficient (Wildman–Crippen LogP) is 2.01. The zero-order chi connectivity index (χ0) is 8.60. The quantitative estimate of drug-likeness (QED) is 0.674. The average molecular weight is 184 g/mol. The smallest absolute Gasteiger partial charge is 0.157 e. The van der Waals surface area contributed by atoms with Crippen molar-refractivity contribution >= 4 is 16.9 Å². The van der Waals surface area contributed by atoms with Gasteiger partial charge in [-0.25, -0.2) is 0 Å². The molecule has 0 unspecified atom stereocenters. The van der Waals surface area contributed by atoms with E-state index in [1.54, 1.807) is 0 Å². The van der Waals surface area contributed by atoms with Crippen molar-refractivity contribution in [1.82, 2.24) is 5.32 Å². The fourth-order valence-electron chi connectivity index (χ4n) is 1.36. The maximum Gasteiger partial charge on any atom is 0.157 e. The molecule has 12 heavy (non-hydrogen) atoms. The highest BCUT2D eigenvalue weighted by atomic mass is 32.2. The lowest BCUT2D eigenvalue weighted by Gasteiger charge is -2.22. The minimum Gasteiger partial charge on any atom is -0.359 e. The Morgan fingerprint density at radius 2 is 2.25 bits per heavy atom. The van der Waals surface area contributed by atoms with Crippen LogP contribution in [0.5, 0.6) is 0 Å². The molecular formula is C9H16N2S. The van der Waals surface area contributed by atoms with Gasteiger partial charge in [-0.1, -0.05) is 11.8 Å². The van der Waals surface area contributed by atoms with Crippen molar-refractivity contribution in [3.63, 3.8) is 0 Å². The molecule has 0 spiro atoms. The van der Waals surface area contributed by atoms with Crippen LogP contribution in [0.25, 0.3) is 0 Å². The van der Waals surface area contributed by atoms with Gasteiger partial charge in [0.2, 0.25) is 0 Å². The lowest BCUT2D eigenvalue weighted by Crippen LogP contribution is -2.37. The molecule has 0 amide bonds. The summed E-state index contributed by atoms with van der Waals surface area (Å²) in [5.74, 6) is 1.15. The zero-order valence-electron chi connectivity index (χ0n) is 7.76. The zero-order valence-corrected chi connectivity index (χ0v) is 8.58. The summed E-state index contributed by atoms with van der Waals surface area (Å²) in [6.45, 7) is 4.45. The molecule has 1 aliphatic carbocycles. The van der Waals surface area contributed by atoms with Crippen molar-refractivity contribution in [3.05, 3.63) is 0 Å². The summed E-state index contributed by atoms with van der Waals surface area (Å²) in [6.07, 6.45) is 3.97. The second-order valence-electron chi connectivity index (χ2n) is 4.32. The number of hydrogen-bond acceptors (Lipinski definition) is 2. The highest BCUT2D eigenvalue weighted by Crippen LogP contribution is 2.27. The van der Waals surface area contributed by atoms with Crippen LogP contribution in [0.3, 0.4) is 0 Å². The fraction of sp³-hybridized carbons (Fsp3) is 0.889. The van der Waals surface area contributed by atoms with Crippen LogP contribution < -0.4 is 5.32 Å². The topological polar surface area (TPSA) is 24.4 Å². The second-order valence-corrected chi connectivity index (χ2v) is 5.28. The van der Waals surface area contributed by atoms with Crippen LogP contribution in [0.2, 0.25) is 0 Å². The van der Waals surface area contributed by atoms with E-state index in [4.69, 9.17) is 0 Å². The minimum absolute atomic E-state index is 0.257. The molecule has 3 heteroatoms. The van der Waals surface area contributed by atoms with Gasteiger partial charge in [0.05, 0.1) is 6.04 Å². The van der Waals surface area contributed by atoms with E-state index >= 15 is 0 Å². The first kappa shape index (κ1) is 8.42. The van der Waals surface area contributed by atoms with E-state index in [-0.39, 0.29) is 5.54 Å². The summed E-state index contributed by atoms with van der Waals surface area (Å²) < 4.78 is 0. The van der Waals surface area contributed by atoms with E-state index < -0.39 is 0 Å². The molecule has 2 fully saturated rings. The van der Waals surface area contributed by atoms with Gasteiger partial charge in [-0.05, 0) is 33.1 Å². The molecule has 1 aliphatic heterocycles. The molecule has 0 bridgehead atoms. The van der Waals surface area contributed by atoms with Crippen LogP contribution >= 0.6 is 11.8 Å². The van der Waals surface area contributed by atoms with Gasteiger partial charge in [0.15, 0.2) is 5.17 Å². The Bertz CT molecular complexity index is 207. The molecular weight excluding hydrogens is 168 g/mol. The molecule has 0 aromatic carbocycles. The number of nitrogens with one attached hydrogen (secondary N) is 1. The molecule has 0 aromatic rings. The standard InChI is InChI=1S/C9H16N2S/c1-9(2)6-12-8(11-9)10-7-4-3-5-7/h7H,3-6H2,1-2H3,(H,10,11). The highest BCUT2D eigenvalue weighted by Gasteiger charge is 2.28. The monoisotopic (exact) mass is 184 g/mol. The Morgan fingerprint density at radius 1 is 1.50 bits per heavy atom. The summed E-state index contributed by atoms with van der Waals surface area (Å²) in [5, 5.41) is 4.61. The molecule has 2 aliphatic rings. The van der Waals surface area contributed by atoms with Crippen molar-refractivity contribution in [2.75, 3.05) is 5.75 Å². The van der Waals surface area contributed by atoms with E-state index in [1.807, 2.05) is 11.8 Å². The molecule has 1 saturated heterocycles. The number of rotatable bonds is 1. The first-order valence-electron chi connectivity index (χ1n) is 4.64. The van der Waals surface area contributed by atoms with Crippen molar-refractivity contribution in [1.29, 1.82) is 0 Å². The average Bonchev–Trinajstić information content (AvgIpc) is 2.21. The van der Waals surface area contributed by atoms with E-state index in [9.17, 15) is 0 Å². The minimum atomic E-state index is 0.257. The highest BCUT2D eigenvalue weighted by molar-refractivity contribution is 8.14. The third kappa shape index (κ3) is 1.76. The number of thioether (sulfide) groups is 1.